The Morgan fingerprint density at radius 2 is 2.04 bits per heavy atom. The van der Waals surface area contributed by atoms with Crippen molar-refractivity contribution in [3.63, 3.8) is 0 Å². The van der Waals surface area contributed by atoms with Gasteiger partial charge in [0.15, 0.2) is 5.78 Å². The normalized spacial score (nSPS) is 30.8. The van der Waals surface area contributed by atoms with Gasteiger partial charge in [-0.05, 0) is 30.4 Å². The second-order valence-electron chi connectivity index (χ2n) is 7.04. The zero-order chi connectivity index (χ0) is 18.1. The van der Waals surface area contributed by atoms with Crippen molar-refractivity contribution < 1.29 is 14.4 Å². The van der Waals surface area contributed by atoms with Gasteiger partial charge in [-0.1, -0.05) is 24.3 Å². The predicted octanol–water partition coefficient (Wildman–Crippen LogP) is 1.49. The van der Waals surface area contributed by atoms with Gasteiger partial charge >= 0.3 is 0 Å². The van der Waals surface area contributed by atoms with Crippen LogP contribution in [0.1, 0.15) is 17.5 Å². The van der Waals surface area contributed by atoms with Crippen molar-refractivity contribution in [3.05, 3.63) is 35.4 Å². The number of rotatable bonds is 4. The van der Waals surface area contributed by atoms with E-state index in [-0.39, 0.29) is 28.9 Å². The zero-order valence-electron chi connectivity index (χ0n) is 14.4. The van der Waals surface area contributed by atoms with Crippen LogP contribution in [0.2, 0.25) is 0 Å². The Labute approximate surface area is 161 Å². The summed E-state index contributed by atoms with van der Waals surface area (Å²) in [6.07, 6.45) is 3.38. The second-order valence-corrected chi connectivity index (χ2v) is 9.17. The molecule has 0 spiro atoms. The van der Waals surface area contributed by atoms with Crippen LogP contribution >= 0.6 is 23.5 Å². The van der Waals surface area contributed by atoms with Crippen molar-refractivity contribution in [1.29, 1.82) is 0 Å². The molecule has 4 atom stereocenters. The number of benzene rings is 1. The molecule has 0 bridgehead atoms. The van der Waals surface area contributed by atoms with Crippen LogP contribution in [-0.2, 0) is 27.2 Å². The van der Waals surface area contributed by atoms with Gasteiger partial charge < -0.3 is 9.69 Å². The quantitative estimate of drug-likeness (QED) is 0.786. The summed E-state index contributed by atoms with van der Waals surface area (Å²) in [5.74, 6) is 1.83. The molecule has 1 amide bonds. The Morgan fingerprint density at radius 1 is 1.23 bits per heavy atom. The number of nitrogens with one attached hydrogen (secondary N) is 1. The summed E-state index contributed by atoms with van der Waals surface area (Å²) >= 11 is 3.11. The fourth-order valence-electron chi connectivity index (χ4n) is 4.04. The van der Waals surface area contributed by atoms with E-state index in [9.17, 15) is 14.4 Å². The lowest BCUT2D eigenvalue weighted by Crippen LogP contribution is -2.52. The molecule has 4 rings (SSSR count). The Balaban J connectivity index is 1.47. The molecule has 1 N–H and O–H groups in total. The van der Waals surface area contributed by atoms with Gasteiger partial charge in [0.05, 0.1) is 17.2 Å². The number of ketones is 1. The molecule has 2 saturated heterocycles. The highest BCUT2D eigenvalue weighted by molar-refractivity contribution is 8.01. The third-order valence-corrected chi connectivity index (χ3v) is 7.76. The lowest BCUT2D eigenvalue weighted by Gasteiger charge is -2.29. The summed E-state index contributed by atoms with van der Waals surface area (Å²) in [5.41, 5.74) is 2.59. The third-order valence-electron chi connectivity index (χ3n) is 5.52. The highest BCUT2D eigenvalue weighted by atomic mass is 32.2. The number of hydrogen-bond donors (Lipinski definition) is 1. The number of amides is 1. The van der Waals surface area contributed by atoms with Crippen LogP contribution in [-0.4, -0.2) is 57.7 Å². The maximum absolute atomic E-state index is 13.2. The van der Waals surface area contributed by atoms with E-state index < -0.39 is 6.04 Å². The van der Waals surface area contributed by atoms with Crippen molar-refractivity contribution in [2.45, 2.75) is 36.6 Å². The number of carbonyl (C=O) groups excluding carboxylic acids is 3. The number of aldehydes is 1. The largest absolute Gasteiger partial charge is 0.321 e. The first kappa shape index (κ1) is 18.1. The van der Waals surface area contributed by atoms with Crippen LogP contribution in [0.25, 0.3) is 0 Å². The first-order valence-corrected chi connectivity index (χ1v) is 11.2. The zero-order valence-corrected chi connectivity index (χ0v) is 16.1. The predicted molar refractivity (Wildman–Crippen MR) is 104 cm³/mol. The van der Waals surface area contributed by atoms with Crippen LogP contribution in [0.3, 0.4) is 0 Å². The molecule has 26 heavy (non-hydrogen) atoms. The number of carbonyl (C=O) groups is 3. The van der Waals surface area contributed by atoms with Crippen molar-refractivity contribution in [2.75, 3.05) is 17.5 Å². The fourth-order valence-corrected chi connectivity index (χ4v) is 6.38. The average molecular weight is 391 g/mol. The summed E-state index contributed by atoms with van der Waals surface area (Å²) in [7, 11) is 0. The molecular formula is C19H22N2O3S2. The average Bonchev–Trinajstić information content (AvgIpc) is 3.35. The molecule has 2 aliphatic heterocycles. The van der Waals surface area contributed by atoms with Gasteiger partial charge in [-0.25, -0.2) is 0 Å². The van der Waals surface area contributed by atoms with Crippen LogP contribution in [0.4, 0.5) is 0 Å². The van der Waals surface area contributed by atoms with Crippen molar-refractivity contribution in [2.24, 2.45) is 5.92 Å². The molecule has 0 aromatic heterocycles. The van der Waals surface area contributed by atoms with Crippen LogP contribution in [0, 0.1) is 5.92 Å². The number of thioether (sulfide) groups is 2. The van der Waals surface area contributed by atoms with E-state index in [1.165, 1.54) is 22.9 Å². The standard InChI is InChI=1S/C19H22N2O3S2/c22-8-15-9-25-11-21(15)19(24)16-18(26-10-20-16)17(23)14-6-5-12-3-1-2-4-13(12)7-14/h1-4,8,14-16,18,20H,5-7,9-11H2/t14-,15-,16+,18?/m1/s1. The molecular weight excluding hydrogens is 368 g/mol. The van der Waals surface area contributed by atoms with E-state index in [1.54, 1.807) is 16.7 Å². The van der Waals surface area contributed by atoms with Gasteiger partial charge in [-0.2, -0.15) is 0 Å². The minimum Gasteiger partial charge on any atom is -0.321 e. The minimum absolute atomic E-state index is 0.0209. The summed E-state index contributed by atoms with van der Waals surface area (Å²) < 4.78 is 0. The van der Waals surface area contributed by atoms with Crippen molar-refractivity contribution in [3.8, 4) is 0 Å². The summed E-state index contributed by atoms with van der Waals surface area (Å²) in [6.45, 7) is 0. The lowest BCUT2D eigenvalue weighted by atomic mass is 9.80. The van der Waals surface area contributed by atoms with Crippen LogP contribution in [0.5, 0.6) is 0 Å². The SMILES string of the molecule is O=C[C@@H]1CSCN1C(=O)[C@H]1NCSC1C(=O)[C@@H]1CCc2ccccc2C1. The molecule has 138 valence electrons. The van der Waals surface area contributed by atoms with Crippen molar-refractivity contribution in [1.82, 2.24) is 10.2 Å². The summed E-state index contributed by atoms with van der Waals surface area (Å²) in [5, 5.41) is 2.84. The number of fused-ring (bicyclic) bond motifs is 1. The van der Waals surface area contributed by atoms with Gasteiger partial charge in [0, 0.05) is 17.5 Å². The first-order chi connectivity index (χ1) is 12.7. The molecule has 1 unspecified atom stereocenters. The van der Waals surface area contributed by atoms with Crippen LogP contribution in [0.15, 0.2) is 24.3 Å². The summed E-state index contributed by atoms with van der Waals surface area (Å²) in [6, 6.07) is 7.44. The van der Waals surface area contributed by atoms with E-state index >= 15 is 0 Å². The van der Waals surface area contributed by atoms with E-state index in [2.05, 4.69) is 17.4 Å². The van der Waals surface area contributed by atoms with Crippen molar-refractivity contribution >= 4 is 41.5 Å². The Morgan fingerprint density at radius 3 is 2.85 bits per heavy atom. The molecule has 1 aromatic rings. The Bertz CT molecular complexity index is 726. The molecule has 2 heterocycles. The highest BCUT2D eigenvalue weighted by Crippen LogP contribution is 2.33. The molecule has 3 aliphatic rings. The Hall–Kier alpha value is -1.31. The maximum Gasteiger partial charge on any atom is 0.242 e. The topological polar surface area (TPSA) is 66.5 Å². The van der Waals surface area contributed by atoms with Gasteiger partial charge in [-0.3, -0.25) is 14.9 Å². The monoisotopic (exact) mass is 390 g/mol. The molecule has 0 radical (unpaired) electrons. The molecule has 0 saturated carbocycles. The molecule has 1 aliphatic carbocycles. The maximum atomic E-state index is 13.2. The second kappa shape index (κ2) is 7.74. The summed E-state index contributed by atoms with van der Waals surface area (Å²) in [4.78, 5) is 39.0. The number of hydrogen-bond acceptors (Lipinski definition) is 6. The number of Topliss-reactive ketones (excluding diaryl/α,β-unsaturated/α-hetero) is 1. The van der Waals surface area contributed by atoms with Gasteiger partial charge in [0.2, 0.25) is 5.91 Å². The molecule has 1 aromatic carbocycles. The Kier molecular flexibility index (Phi) is 5.38. The highest BCUT2D eigenvalue weighted by Gasteiger charge is 2.44. The smallest absolute Gasteiger partial charge is 0.242 e. The number of nitrogens with zero attached hydrogens (tertiary/aromatic N) is 1. The lowest BCUT2D eigenvalue weighted by molar-refractivity contribution is -0.137. The minimum atomic E-state index is -0.508. The van der Waals surface area contributed by atoms with Gasteiger partial charge in [0.25, 0.3) is 0 Å². The van der Waals surface area contributed by atoms with Gasteiger partial charge in [-0.15, -0.1) is 23.5 Å². The van der Waals surface area contributed by atoms with E-state index in [4.69, 9.17) is 0 Å². The van der Waals surface area contributed by atoms with E-state index in [0.29, 0.717) is 17.5 Å². The first-order valence-electron chi connectivity index (χ1n) is 8.98. The van der Waals surface area contributed by atoms with Crippen LogP contribution < -0.4 is 5.32 Å². The molecule has 5 nitrogen and oxygen atoms in total. The fraction of sp³-hybridized carbons (Fsp3) is 0.526. The molecule has 2 fully saturated rings. The molecule has 7 heteroatoms. The van der Waals surface area contributed by atoms with E-state index in [1.807, 2.05) is 12.1 Å². The van der Waals surface area contributed by atoms with E-state index in [0.717, 1.165) is 25.5 Å². The third kappa shape index (κ3) is 3.32. The number of aryl methyl sites for hydroxylation is 1. The van der Waals surface area contributed by atoms with Gasteiger partial charge in [0.1, 0.15) is 12.3 Å².